The van der Waals surface area contributed by atoms with Crippen molar-refractivity contribution >= 4 is 22.7 Å². The Kier molecular flexibility index (Phi) is 5.85. The van der Waals surface area contributed by atoms with E-state index < -0.39 is 12.1 Å². The molecule has 0 bridgehead atoms. The monoisotopic (exact) mass is 413 g/mol. The third kappa shape index (κ3) is 4.51. The number of esters is 1. The average Bonchev–Trinajstić information content (AvgIpc) is 3.13. The Bertz CT molecular complexity index is 1230. The van der Waals surface area contributed by atoms with E-state index in [0.717, 1.165) is 22.2 Å². The summed E-state index contributed by atoms with van der Waals surface area (Å²) < 4.78 is 11.3. The lowest BCUT2D eigenvalue weighted by molar-refractivity contribution is 0.0318. The number of H-pyrrole nitrogens is 1. The average molecular weight is 413 g/mol. The minimum Gasteiger partial charge on any atom is -0.489 e. The third-order valence-electron chi connectivity index (χ3n) is 5.11. The number of benzene rings is 3. The summed E-state index contributed by atoms with van der Waals surface area (Å²) in [6.45, 7) is 3.83. The predicted molar refractivity (Wildman–Crippen MR) is 119 cm³/mol. The van der Waals surface area contributed by atoms with E-state index in [0.29, 0.717) is 23.5 Å². The van der Waals surface area contributed by atoms with Crippen molar-refractivity contribution in [3.8, 4) is 5.75 Å². The molecule has 0 aliphatic heterocycles. The molecule has 5 nitrogen and oxygen atoms in total. The molecular weight excluding hydrogens is 390 g/mol. The van der Waals surface area contributed by atoms with Crippen LogP contribution in [0.5, 0.6) is 5.75 Å². The first-order valence-corrected chi connectivity index (χ1v) is 10.1. The van der Waals surface area contributed by atoms with Gasteiger partial charge in [0.25, 0.3) is 0 Å². The van der Waals surface area contributed by atoms with Crippen LogP contribution in [0.15, 0.2) is 78.9 Å². The Morgan fingerprint density at radius 1 is 0.935 bits per heavy atom. The number of para-hydroxylation sites is 1. The number of ketones is 1. The van der Waals surface area contributed by atoms with Crippen LogP contribution in [0.4, 0.5) is 0 Å². The van der Waals surface area contributed by atoms with E-state index in [2.05, 4.69) is 4.98 Å². The molecule has 5 heteroatoms. The minimum atomic E-state index is -0.917. The number of Topliss-reactive ketones (excluding diaryl/α,β-unsaturated/α-hetero) is 1. The van der Waals surface area contributed by atoms with E-state index in [-0.39, 0.29) is 5.78 Å². The smallest absolute Gasteiger partial charge is 0.338 e. The molecular formula is C26H23NO4. The van der Waals surface area contributed by atoms with Crippen molar-refractivity contribution in [3.05, 3.63) is 101 Å². The predicted octanol–water partition coefficient (Wildman–Crippen LogP) is 5.48. The molecule has 0 saturated heterocycles. The summed E-state index contributed by atoms with van der Waals surface area (Å²) in [6.07, 6.45) is -0.917. The van der Waals surface area contributed by atoms with Crippen LogP contribution in [0.1, 0.15) is 38.9 Å². The zero-order valence-corrected chi connectivity index (χ0v) is 17.4. The van der Waals surface area contributed by atoms with Crippen LogP contribution in [0, 0.1) is 6.92 Å². The first-order chi connectivity index (χ1) is 15.0. The molecule has 1 aromatic heterocycles. The first kappa shape index (κ1) is 20.4. The molecule has 4 aromatic rings. The van der Waals surface area contributed by atoms with Crippen molar-refractivity contribution in [2.45, 2.75) is 26.6 Å². The van der Waals surface area contributed by atoms with Crippen molar-refractivity contribution in [1.29, 1.82) is 0 Å². The zero-order chi connectivity index (χ0) is 21.8. The number of aromatic amines is 1. The number of aryl methyl sites for hydroxylation is 1. The normalized spacial score (nSPS) is 11.8. The maximum atomic E-state index is 13.0. The van der Waals surface area contributed by atoms with Gasteiger partial charge in [0.2, 0.25) is 5.78 Å². The van der Waals surface area contributed by atoms with Gasteiger partial charge in [-0.15, -0.1) is 0 Å². The standard InChI is InChI=1S/C26H23NO4/c1-17-24(22-13-6-7-14-23(22)27-17)25(28)18(2)31-26(29)20-11-8-12-21(15-20)30-16-19-9-4-3-5-10-19/h3-15,18,27H,16H2,1-2H3/t18-/m1/s1. The van der Waals surface area contributed by atoms with Gasteiger partial charge in [-0.3, -0.25) is 4.79 Å². The summed E-state index contributed by atoms with van der Waals surface area (Å²) in [5.41, 5.74) is 3.55. The van der Waals surface area contributed by atoms with Gasteiger partial charge in [-0.25, -0.2) is 4.79 Å². The van der Waals surface area contributed by atoms with Gasteiger partial charge in [-0.05, 0) is 43.7 Å². The van der Waals surface area contributed by atoms with Crippen LogP contribution < -0.4 is 4.74 Å². The highest BCUT2D eigenvalue weighted by Gasteiger charge is 2.25. The number of rotatable bonds is 7. The Hall–Kier alpha value is -3.86. The van der Waals surface area contributed by atoms with Gasteiger partial charge in [0.1, 0.15) is 12.4 Å². The zero-order valence-electron chi connectivity index (χ0n) is 17.4. The SMILES string of the molecule is Cc1[nH]c2ccccc2c1C(=O)[C@@H](C)OC(=O)c1cccc(OCc2ccccc2)c1. The minimum absolute atomic E-state index is 0.236. The number of carbonyl (C=O) groups is 2. The lowest BCUT2D eigenvalue weighted by Gasteiger charge is -2.13. The van der Waals surface area contributed by atoms with Crippen LogP contribution in [-0.4, -0.2) is 22.8 Å². The van der Waals surface area contributed by atoms with E-state index in [9.17, 15) is 9.59 Å². The number of aromatic nitrogens is 1. The molecule has 0 unspecified atom stereocenters. The van der Waals surface area contributed by atoms with Crippen LogP contribution in [0.25, 0.3) is 10.9 Å². The molecule has 1 atom stereocenters. The van der Waals surface area contributed by atoms with Gasteiger partial charge < -0.3 is 14.5 Å². The molecule has 156 valence electrons. The molecule has 4 rings (SSSR count). The molecule has 31 heavy (non-hydrogen) atoms. The van der Waals surface area contributed by atoms with Gasteiger partial charge in [-0.1, -0.05) is 54.6 Å². The number of hydrogen-bond acceptors (Lipinski definition) is 4. The second-order valence-electron chi connectivity index (χ2n) is 7.38. The highest BCUT2D eigenvalue weighted by Crippen LogP contribution is 2.24. The molecule has 0 spiro atoms. The van der Waals surface area contributed by atoms with E-state index >= 15 is 0 Å². The van der Waals surface area contributed by atoms with Crippen molar-refractivity contribution < 1.29 is 19.1 Å². The lowest BCUT2D eigenvalue weighted by atomic mass is 10.0. The number of fused-ring (bicyclic) bond motifs is 1. The second-order valence-corrected chi connectivity index (χ2v) is 7.38. The second kappa shape index (κ2) is 8.88. The Balaban J connectivity index is 1.45. The van der Waals surface area contributed by atoms with Crippen molar-refractivity contribution in [1.82, 2.24) is 4.98 Å². The molecule has 0 aliphatic carbocycles. The summed E-state index contributed by atoms with van der Waals surface area (Å²) >= 11 is 0. The summed E-state index contributed by atoms with van der Waals surface area (Å²) in [5, 5.41) is 0.823. The number of carbonyl (C=O) groups excluding carboxylic acids is 2. The molecule has 3 aromatic carbocycles. The molecule has 0 aliphatic rings. The number of nitrogens with one attached hydrogen (secondary N) is 1. The lowest BCUT2D eigenvalue weighted by Crippen LogP contribution is -2.25. The molecule has 1 N–H and O–H groups in total. The van der Waals surface area contributed by atoms with Crippen LogP contribution in [-0.2, 0) is 11.3 Å². The molecule has 0 saturated carbocycles. The third-order valence-corrected chi connectivity index (χ3v) is 5.11. The molecule has 0 radical (unpaired) electrons. The van der Waals surface area contributed by atoms with Crippen molar-refractivity contribution in [3.63, 3.8) is 0 Å². The van der Waals surface area contributed by atoms with Gasteiger partial charge in [0, 0.05) is 22.2 Å². The van der Waals surface area contributed by atoms with Gasteiger partial charge in [-0.2, -0.15) is 0 Å². The van der Waals surface area contributed by atoms with Gasteiger partial charge in [0.15, 0.2) is 6.10 Å². The van der Waals surface area contributed by atoms with Crippen LogP contribution in [0.3, 0.4) is 0 Å². The topological polar surface area (TPSA) is 68.4 Å². The fourth-order valence-electron chi connectivity index (χ4n) is 3.53. The van der Waals surface area contributed by atoms with Crippen LogP contribution >= 0.6 is 0 Å². The Morgan fingerprint density at radius 3 is 2.48 bits per heavy atom. The summed E-state index contributed by atoms with van der Waals surface area (Å²) in [6, 6.07) is 24.1. The Morgan fingerprint density at radius 2 is 1.68 bits per heavy atom. The number of ether oxygens (including phenoxy) is 2. The van der Waals surface area contributed by atoms with E-state index in [1.54, 1.807) is 31.2 Å². The van der Waals surface area contributed by atoms with Gasteiger partial charge in [0.05, 0.1) is 5.56 Å². The quantitative estimate of drug-likeness (QED) is 0.322. The molecule has 0 amide bonds. The van der Waals surface area contributed by atoms with E-state index in [4.69, 9.17) is 9.47 Å². The fraction of sp³-hybridized carbons (Fsp3) is 0.154. The highest BCUT2D eigenvalue weighted by molar-refractivity contribution is 6.11. The summed E-state index contributed by atoms with van der Waals surface area (Å²) in [4.78, 5) is 28.9. The maximum Gasteiger partial charge on any atom is 0.338 e. The maximum absolute atomic E-state index is 13.0. The summed E-state index contributed by atoms with van der Waals surface area (Å²) in [5.74, 6) is -0.243. The fourth-order valence-corrected chi connectivity index (χ4v) is 3.53. The summed E-state index contributed by atoms with van der Waals surface area (Å²) in [7, 11) is 0. The largest absolute Gasteiger partial charge is 0.489 e. The van der Waals surface area contributed by atoms with E-state index in [1.807, 2.05) is 61.5 Å². The van der Waals surface area contributed by atoms with Crippen molar-refractivity contribution in [2.24, 2.45) is 0 Å². The van der Waals surface area contributed by atoms with Crippen molar-refractivity contribution in [2.75, 3.05) is 0 Å². The van der Waals surface area contributed by atoms with Crippen LogP contribution in [0.2, 0.25) is 0 Å². The Labute approximate surface area is 180 Å². The van der Waals surface area contributed by atoms with E-state index in [1.165, 1.54) is 0 Å². The number of hydrogen-bond donors (Lipinski definition) is 1. The first-order valence-electron chi connectivity index (χ1n) is 10.1. The molecule has 0 fully saturated rings. The molecule has 1 heterocycles. The highest BCUT2D eigenvalue weighted by atomic mass is 16.5. The van der Waals surface area contributed by atoms with Gasteiger partial charge >= 0.3 is 5.97 Å².